The van der Waals surface area contributed by atoms with E-state index in [1.165, 1.54) is 6.33 Å². The zero-order valence-corrected chi connectivity index (χ0v) is 10.4. The second-order valence-electron chi connectivity index (χ2n) is 4.29. The van der Waals surface area contributed by atoms with Crippen molar-refractivity contribution in [3.05, 3.63) is 18.6 Å². The average Bonchev–Trinajstić information content (AvgIpc) is 2.56. The van der Waals surface area contributed by atoms with Crippen LogP contribution in [0.2, 0.25) is 0 Å². The highest BCUT2D eigenvalue weighted by Gasteiger charge is 2.30. The predicted molar refractivity (Wildman–Crippen MR) is 65.9 cm³/mol. The second kappa shape index (κ2) is 6.00. The van der Waals surface area contributed by atoms with Crippen molar-refractivity contribution in [2.45, 2.75) is 42.4 Å². The summed E-state index contributed by atoms with van der Waals surface area (Å²) < 4.78 is 0. The maximum atomic E-state index is 11.3. The third-order valence-electron chi connectivity index (χ3n) is 3.10. The van der Waals surface area contributed by atoms with Gasteiger partial charge in [-0.05, 0) is 18.9 Å². The number of hydrogen-bond donors (Lipinski definition) is 1. The number of carboxylic acid groups (broad SMARTS) is 1. The van der Waals surface area contributed by atoms with Crippen molar-refractivity contribution in [2.24, 2.45) is 5.92 Å². The Morgan fingerprint density at radius 3 is 2.88 bits per heavy atom. The molecule has 5 heteroatoms. The van der Waals surface area contributed by atoms with E-state index in [1.807, 2.05) is 6.07 Å². The standard InChI is InChI=1S/C12H16N2O2S/c15-12(16)9-4-2-1-3-5-10(9)17-11-6-7-13-8-14-11/h6-10H,1-5H2,(H,15,16). The smallest absolute Gasteiger partial charge is 0.307 e. The van der Waals surface area contributed by atoms with E-state index in [0.717, 1.165) is 37.1 Å². The van der Waals surface area contributed by atoms with Crippen LogP contribution in [-0.4, -0.2) is 26.3 Å². The van der Waals surface area contributed by atoms with E-state index >= 15 is 0 Å². The lowest BCUT2D eigenvalue weighted by molar-refractivity contribution is -0.141. The van der Waals surface area contributed by atoms with E-state index in [1.54, 1.807) is 18.0 Å². The molecule has 2 atom stereocenters. The molecule has 17 heavy (non-hydrogen) atoms. The largest absolute Gasteiger partial charge is 0.481 e. The number of carbonyl (C=O) groups is 1. The summed E-state index contributed by atoms with van der Waals surface area (Å²) >= 11 is 1.58. The number of aliphatic carboxylic acids is 1. The third-order valence-corrected chi connectivity index (χ3v) is 4.45. The first-order valence-electron chi connectivity index (χ1n) is 5.93. The molecule has 1 aromatic rings. The van der Waals surface area contributed by atoms with Gasteiger partial charge in [0, 0.05) is 11.4 Å². The van der Waals surface area contributed by atoms with E-state index in [0.29, 0.717) is 0 Å². The Bertz CT molecular complexity index is 372. The minimum absolute atomic E-state index is 0.143. The summed E-state index contributed by atoms with van der Waals surface area (Å²) in [7, 11) is 0. The van der Waals surface area contributed by atoms with Gasteiger partial charge in [0.15, 0.2) is 0 Å². The molecule has 1 aliphatic rings. The molecular weight excluding hydrogens is 236 g/mol. The van der Waals surface area contributed by atoms with Crippen LogP contribution < -0.4 is 0 Å². The molecule has 0 aliphatic heterocycles. The first-order valence-corrected chi connectivity index (χ1v) is 6.81. The van der Waals surface area contributed by atoms with Gasteiger partial charge in [-0.3, -0.25) is 4.79 Å². The molecule has 1 saturated carbocycles. The van der Waals surface area contributed by atoms with Gasteiger partial charge in [-0.25, -0.2) is 9.97 Å². The summed E-state index contributed by atoms with van der Waals surface area (Å²) in [5.41, 5.74) is 0. The summed E-state index contributed by atoms with van der Waals surface area (Å²) in [6.07, 6.45) is 8.25. The topological polar surface area (TPSA) is 63.1 Å². The van der Waals surface area contributed by atoms with Crippen LogP contribution in [0, 0.1) is 5.92 Å². The summed E-state index contributed by atoms with van der Waals surface area (Å²) in [5.74, 6) is -0.907. The molecule has 1 aliphatic carbocycles. The van der Waals surface area contributed by atoms with Crippen molar-refractivity contribution in [3.8, 4) is 0 Å². The number of rotatable bonds is 3. The third kappa shape index (κ3) is 3.43. The average molecular weight is 252 g/mol. The molecule has 0 saturated heterocycles. The van der Waals surface area contributed by atoms with Gasteiger partial charge < -0.3 is 5.11 Å². The van der Waals surface area contributed by atoms with Gasteiger partial charge >= 0.3 is 5.97 Å². The van der Waals surface area contributed by atoms with Gasteiger partial charge in [0.2, 0.25) is 0 Å². The van der Waals surface area contributed by atoms with Crippen LogP contribution in [0.1, 0.15) is 32.1 Å². The van der Waals surface area contributed by atoms with Crippen molar-refractivity contribution in [2.75, 3.05) is 0 Å². The Morgan fingerprint density at radius 2 is 2.18 bits per heavy atom. The molecule has 1 fully saturated rings. The monoisotopic (exact) mass is 252 g/mol. The van der Waals surface area contributed by atoms with Crippen LogP contribution in [0.25, 0.3) is 0 Å². The van der Waals surface area contributed by atoms with Gasteiger partial charge in [0.1, 0.15) is 6.33 Å². The molecule has 0 radical (unpaired) electrons. The van der Waals surface area contributed by atoms with Crippen LogP contribution in [0.4, 0.5) is 0 Å². The SMILES string of the molecule is O=C(O)C1CCCCCC1Sc1ccncn1. The number of aromatic nitrogens is 2. The molecule has 0 amide bonds. The lowest BCUT2D eigenvalue weighted by atomic mass is 10.0. The summed E-state index contributed by atoms with van der Waals surface area (Å²) in [6.45, 7) is 0. The summed E-state index contributed by atoms with van der Waals surface area (Å²) in [5, 5.41) is 10.3. The van der Waals surface area contributed by atoms with Crippen molar-refractivity contribution in [1.29, 1.82) is 0 Å². The minimum Gasteiger partial charge on any atom is -0.481 e. The quantitative estimate of drug-likeness (QED) is 0.661. The zero-order chi connectivity index (χ0) is 12.1. The van der Waals surface area contributed by atoms with E-state index in [-0.39, 0.29) is 11.2 Å². The molecule has 1 N–H and O–H groups in total. The highest BCUT2D eigenvalue weighted by atomic mass is 32.2. The first kappa shape index (κ1) is 12.4. The Labute approximate surface area is 105 Å². The lowest BCUT2D eigenvalue weighted by Crippen LogP contribution is -2.24. The molecule has 92 valence electrons. The highest BCUT2D eigenvalue weighted by molar-refractivity contribution is 7.99. The fraction of sp³-hybridized carbons (Fsp3) is 0.583. The Kier molecular flexibility index (Phi) is 4.36. The molecule has 0 aromatic carbocycles. The van der Waals surface area contributed by atoms with Crippen molar-refractivity contribution in [1.82, 2.24) is 9.97 Å². The highest BCUT2D eigenvalue weighted by Crippen LogP contribution is 2.35. The van der Waals surface area contributed by atoms with Gasteiger partial charge in [0.25, 0.3) is 0 Å². The van der Waals surface area contributed by atoms with Crippen LogP contribution in [0.5, 0.6) is 0 Å². The van der Waals surface area contributed by atoms with Crippen molar-refractivity contribution in [3.63, 3.8) is 0 Å². The molecule has 0 bridgehead atoms. The molecule has 4 nitrogen and oxygen atoms in total. The summed E-state index contributed by atoms with van der Waals surface area (Å²) in [4.78, 5) is 19.3. The first-order chi connectivity index (χ1) is 8.27. The van der Waals surface area contributed by atoms with Gasteiger partial charge in [0.05, 0.1) is 10.9 Å². The van der Waals surface area contributed by atoms with Gasteiger partial charge in [-0.15, -0.1) is 11.8 Å². The number of nitrogens with zero attached hydrogens (tertiary/aromatic N) is 2. The molecule has 0 spiro atoms. The minimum atomic E-state index is -0.668. The Morgan fingerprint density at radius 1 is 1.35 bits per heavy atom. The van der Waals surface area contributed by atoms with E-state index in [4.69, 9.17) is 0 Å². The number of hydrogen-bond acceptors (Lipinski definition) is 4. The van der Waals surface area contributed by atoms with Crippen LogP contribution in [0.15, 0.2) is 23.6 Å². The zero-order valence-electron chi connectivity index (χ0n) is 9.58. The van der Waals surface area contributed by atoms with Crippen LogP contribution >= 0.6 is 11.8 Å². The van der Waals surface area contributed by atoms with E-state index in [9.17, 15) is 9.90 Å². The molecule has 2 rings (SSSR count). The second-order valence-corrected chi connectivity index (χ2v) is 5.55. The Hall–Kier alpha value is -1.10. The van der Waals surface area contributed by atoms with E-state index in [2.05, 4.69) is 9.97 Å². The molecule has 2 unspecified atom stereocenters. The fourth-order valence-electron chi connectivity index (χ4n) is 2.20. The number of thioether (sulfide) groups is 1. The van der Waals surface area contributed by atoms with Crippen LogP contribution in [-0.2, 0) is 4.79 Å². The molecule has 1 aromatic heterocycles. The lowest BCUT2D eigenvalue weighted by Gasteiger charge is -2.20. The fourth-order valence-corrected chi connectivity index (χ4v) is 3.46. The maximum absolute atomic E-state index is 11.3. The van der Waals surface area contributed by atoms with Crippen LogP contribution in [0.3, 0.4) is 0 Å². The van der Waals surface area contributed by atoms with Gasteiger partial charge in [-0.1, -0.05) is 19.3 Å². The molecule has 1 heterocycles. The van der Waals surface area contributed by atoms with Crippen molar-refractivity contribution >= 4 is 17.7 Å². The Balaban J connectivity index is 2.07. The van der Waals surface area contributed by atoms with E-state index < -0.39 is 5.97 Å². The van der Waals surface area contributed by atoms with Crippen molar-refractivity contribution < 1.29 is 9.90 Å². The normalized spacial score (nSPS) is 25.2. The maximum Gasteiger partial charge on any atom is 0.307 e. The summed E-state index contributed by atoms with van der Waals surface area (Å²) in [6, 6.07) is 1.84. The predicted octanol–water partition coefficient (Wildman–Crippen LogP) is 2.60. The number of carboxylic acids is 1. The van der Waals surface area contributed by atoms with Gasteiger partial charge in [-0.2, -0.15) is 0 Å². The molecular formula is C12H16N2O2S.